The Morgan fingerprint density at radius 3 is 2.52 bits per heavy atom. The Hall–Kier alpha value is -2.79. The second-order valence-electron chi connectivity index (χ2n) is 4.57. The van der Waals surface area contributed by atoms with Crippen molar-refractivity contribution in [3.8, 4) is 5.75 Å². The Morgan fingerprint density at radius 2 is 1.91 bits per heavy atom. The molecular formula is C17H14ClNO4. The van der Waals surface area contributed by atoms with Crippen LogP contribution in [0.4, 0.5) is 5.69 Å². The van der Waals surface area contributed by atoms with E-state index in [1.807, 2.05) is 30.3 Å². The second-order valence-corrected chi connectivity index (χ2v) is 4.98. The van der Waals surface area contributed by atoms with Crippen LogP contribution in [-0.2, 0) is 4.79 Å². The van der Waals surface area contributed by atoms with Crippen molar-refractivity contribution in [2.75, 3.05) is 12.4 Å². The van der Waals surface area contributed by atoms with E-state index in [0.717, 1.165) is 5.56 Å². The molecule has 0 saturated heterocycles. The summed E-state index contributed by atoms with van der Waals surface area (Å²) in [7, 11) is 1.34. The molecule has 0 aliphatic carbocycles. The van der Waals surface area contributed by atoms with Crippen molar-refractivity contribution >= 4 is 35.2 Å². The van der Waals surface area contributed by atoms with E-state index >= 15 is 0 Å². The lowest BCUT2D eigenvalue weighted by Crippen LogP contribution is -2.09. The number of ether oxygens (including phenoxy) is 1. The van der Waals surface area contributed by atoms with Crippen LogP contribution in [0.5, 0.6) is 5.75 Å². The molecule has 0 atom stereocenters. The molecule has 0 aliphatic rings. The highest BCUT2D eigenvalue weighted by Gasteiger charge is 2.15. The summed E-state index contributed by atoms with van der Waals surface area (Å²) in [5.74, 6) is -1.43. The maximum Gasteiger partial charge on any atom is 0.339 e. The van der Waals surface area contributed by atoms with Gasteiger partial charge in [-0.15, -0.1) is 0 Å². The largest absolute Gasteiger partial charge is 0.496 e. The van der Waals surface area contributed by atoms with Crippen molar-refractivity contribution in [2.45, 2.75) is 0 Å². The number of hydrogen-bond acceptors (Lipinski definition) is 3. The molecular weight excluding hydrogens is 318 g/mol. The van der Waals surface area contributed by atoms with Crippen LogP contribution in [0.15, 0.2) is 48.5 Å². The summed E-state index contributed by atoms with van der Waals surface area (Å²) in [6.07, 6.45) is 3.02. The number of amides is 1. The highest BCUT2D eigenvalue weighted by Crippen LogP contribution is 2.31. The number of carboxylic acid groups (broad SMARTS) is 1. The van der Waals surface area contributed by atoms with Gasteiger partial charge >= 0.3 is 5.97 Å². The third-order valence-corrected chi connectivity index (χ3v) is 3.32. The Labute approximate surface area is 138 Å². The fraction of sp³-hybridized carbons (Fsp3) is 0.0588. The van der Waals surface area contributed by atoms with Crippen molar-refractivity contribution in [2.24, 2.45) is 0 Å². The molecule has 2 aromatic rings. The summed E-state index contributed by atoms with van der Waals surface area (Å²) in [6, 6.07) is 11.9. The highest BCUT2D eigenvalue weighted by atomic mass is 35.5. The minimum Gasteiger partial charge on any atom is -0.496 e. The summed E-state index contributed by atoms with van der Waals surface area (Å²) < 4.78 is 5.00. The smallest absolute Gasteiger partial charge is 0.339 e. The molecule has 118 valence electrons. The lowest BCUT2D eigenvalue weighted by Gasteiger charge is -2.10. The molecule has 0 heterocycles. The monoisotopic (exact) mass is 331 g/mol. The summed E-state index contributed by atoms with van der Waals surface area (Å²) >= 11 is 6.01. The predicted molar refractivity (Wildman–Crippen MR) is 89.1 cm³/mol. The number of anilines is 1. The number of hydrogen-bond donors (Lipinski definition) is 2. The number of rotatable bonds is 5. The quantitative estimate of drug-likeness (QED) is 0.819. The molecule has 2 rings (SSSR count). The molecule has 0 aliphatic heterocycles. The normalized spacial score (nSPS) is 10.5. The third kappa shape index (κ3) is 4.34. The number of aromatic carboxylic acids is 1. The van der Waals surface area contributed by atoms with Crippen molar-refractivity contribution in [3.05, 3.63) is 64.7 Å². The maximum atomic E-state index is 11.9. The number of methoxy groups -OCH3 is 1. The minimum absolute atomic E-state index is 0.0738. The first-order valence-corrected chi connectivity index (χ1v) is 7.04. The van der Waals surface area contributed by atoms with Crippen LogP contribution < -0.4 is 10.1 Å². The third-order valence-electron chi connectivity index (χ3n) is 3.00. The molecule has 23 heavy (non-hydrogen) atoms. The van der Waals surface area contributed by atoms with E-state index < -0.39 is 5.97 Å². The van der Waals surface area contributed by atoms with E-state index in [0.29, 0.717) is 0 Å². The van der Waals surface area contributed by atoms with Crippen LogP contribution in [0.25, 0.3) is 6.08 Å². The van der Waals surface area contributed by atoms with Crippen LogP contribution in [0, 0.1) is 0 Å². The van der Waals surface area contributed by atoms with Gasteiger partial charge in [-0.05, 0) is 17.7 Å². The Bertz CT molecular complexity index is 757. The molecule has 0 saturated carbocycles. The zero-order valence-electron chi connectivity index (χ0n) is 12.2. The molecule has 5 nitrogen and oxygen atoms in total. The van der Waals surface area contributed by atoms with E-state index in [1.54, 1.807) is 6.08 Å². The van der Waals surface area contributed by atoms with Crippen molar-refractivity contribution in [1.29, 1.82) is 0 Å². The SMILES string of the molecule is COc1cc(NC(=O)/C=C/c2ccccc2)c(Cl)cc1C(=O)O. The predicted octanol–water partition coefficient (Wildman–Crippen LogP) is 3.70. The van der Waals surface area contributed by atoms with E-state index in [-0.39, 0.29) is 27.9 Å². The molecule has 0 spiro atoms. The number of benzene rings is 2. The zero-order valence-corrected chi connectivity index (χ0v) is 13.0. The van der Waals surface area contributed by atoms with Gasteiger partial charge in [0.25, 0.3) is 0 Å². The molecule has 0 unspecified atom stereocenters. The van der Waals surface area contributed by atoms with Crippen molar-refractivity contribution in [3.63, 3.8) is 0 Å². The van der Waals surface area contributed by atoms with Gasteiger partial charge in [0.15, 0.2) is 0 Å². The first-order valence-electron chi connectivity index (χ1n) is 6.66. The Kier molecular flexibility index (Phi) is 5.38. The summed E-state index contributed by atoms with van der Waals surface area (Å²) in [4.78, 5) is 23.0. The second kappa shape index (κ2) is 7.47. The lowest BCUT2D eigenvalue weighted by molar-refractivity contribution is -0.111. The van der Waals surface area contributed by atoms with Gasteiger partial charge in [0.1, 0.15) is 11.3 Å². The first-order chi connectivity index (χ1) is 11.0. The molecule has 2 aromatic carbocycles. The van der Waals surface area contributed by atoms with Gasteiger partial charge < -0.3 is 15.2 Å². The van der Waals surface area contributed by atoms with Gasteiger partial charge in [-0.2, -0.15) is 0 Å². The van der Waals surface area contributed by atoms with Crippen LogP contribution >= 0.6 is 11.6 Å². The van der Waals surface area contributed by atoms with Crippen molar-refractivity contribution < 1.29 is 19.4 Å². The minimum atomic E-state index is -1.16. The van der Waals surface area contributed by atoms with Gasteiger partial charge in [-0.3, -0.25) is 4.79 Å². The van der Waals surface area contributed by atoms with E-state index in [2.05, 4.69) is 5.32 Å². The van der Waals surface area contributed by atoms with Gasteiger partial charge in [0.2, 0.25) is 5.91 Å². The van der Waals surface area contributed by atoms with Gasteiger partial charge in [-0.25, -0.2) is 4.79 Å². The molecule has 0 fully saturated rings. The van der Waals surface area contributed by atoms with Crippen LogP contribution in [0.3, 0.4) is 0 Å². The van der Waals surface area contributed by atoms with E-state index in [4.69, 9.17) is 21.4 Å². The molecule has 0 bridgehead atoms. The standard InChI is InChI=1S/C17H14ClNO4/c1-23-15-10-14(13(18)9-12(15)17(21)22)19-16(20)8-7-11-5-3-2-4-6-11/h2-10H,1H3,(H,19,20)(H,21,22)/b8-7+. The van der Waals surface area contributed by atoms with Gasteiger partial charge in [0.05, 0.1) is 17.8 Å². The summed E-state index contributed by atoms with van der Waals surface area (Å²) in [5, 5.41) is 11.8. The van der Waals surface area contributed by atoms with Gasteiger partial charge in [0, 0.05) is 12.1 Å². The number of nitrogens with one attached hydrogen (secondary N) is 1. The van der Waals surface area contributed by atoms with E-state index in [9.17, 15) is 9.59 Å². The molecule has 0 aromatic heterocycles. The Morgan fingerprint density at radius 1 is 1.22 bits per heavy atom. The number of carbonyl (C=O) groups excluding carboxylic acids is 1. The van der Waals surface area contributed by atoms with Crippen LogP contribution in [0.2, 0.25) is 5.02 Å². The molecule has 2 N–H and O–H groups in total. The highest BCUT2D eigenvalue weighted by molar-refractivity contribution is 6.34. The lowest BCUT2D eigenvalue weighted by atomic mass is 10.1. The zero-order chi connectivity index (χ0) is 16.8. The van der Waals surface area contributed by atoms with Crippen LogP contribution in [0.1, 0.15) is 15.9 Å². The first kappa shape index (κ1) is 16.6. The van der Waals surface area contributed by atoms with Crippen LogP contribution in [-0.4, -0.2) is 24.1 Å². The van der Waals surface area contributed by atoms with Gasteiger partial charge in [-0.1, -0.05) is 41.9 Å². The molecule has 0 radical (unpaired) electrons. The summed E-state index contributed by atoms with van der Waals surface area (Å²) in [6.45, 7) is 0. The van der Waals surface area contributed by atoms with Crippen molar-refractivity contribution in [1.82, 2.24) is 0 Å². The summed E-state index contributed by atoms with van der Waals surface area (Å²) in [5.41, 5.74) is 1.08. The maximum absolute atomic E-state index is 11.9. The number of carboxylic acids is 1. The fourth-order valence-corrected chi connectivity index (χ4v) is 2.11. The molecule has 1 amide bonds. The van der Waals surface area contributed by atoms with E-state index in [1.165, 1.54) is 25.3 Å². The Balaban J connectivity index is 2.18. The average Bonchev–Trinajstić information content (AvgIpc) is 2.55. The fourth-order valence-electron chi connectivity index (χ4n) is 1.90. The molecule has 6 heteroatoms. The topological polar surface area (TPSA) is 75.6 Å². The number of carbonyl (C=O) groups is 2. The number of halogens is 1. The average molecular weight is 332 g/mol.